The van der Waals surface area contributed by atoms with E-state index in [1.807, 2.05) is 18.2 Å². The molecule has 0 aromatic heterocycles. The molecule has 2 unspecified atom stereocenters. The molecule has 2 saturated carbocycles. The Labute approximate surface area is 378 Å². The Kier molecular flexibility index (Phi) is 18.4. The van der Waals surface area contributed by atoms with Gasteiger partial charge in [-0.1, -0.05) is 93.7 Å². The molecule has 1 heterocycles. The molecule has 0 radical (unpaired) electrons. The zero-order valence-electron chi connectivity index (χ0n) is 38.8. The van der Waals surface area contributed by atoms with Crippen LogP contribution >= 0.6 is 0 Å². The van der Waals surface area contributed by atoms with E-state index in [9.17, 15) is 39.6 Å². The number of ketones is 1. The third kappa shape index (κ3) is 11.5. The molecular formula is C50H71NO13. The van der Waals surface area contributed by atoms with E-state index in [0.29, 0.717) is 12.8 Å². The number of carbonyl (C=O) groups is 5. The number of nitrogens with one attached hydrogen (secondary N) is 1. The van der Waals surface area contributed by atoms with Crippen LogP contribution in [-0.2, 0) is 42.9 Å². The van der Waals surface area contributed by atoms with Gasteiger partial charge in [-0.25, -0.2) is 4.79 Å². The van der Waals surface area contributed by atoms with Gasteiger partial charge >= 0.3 is 17.9 Å². The second-order valence-electron chi connectivity index (χ2n) is 18.2. The maximum atomic E-state index is 15.0. The Morgan fingerprint density at radius 1 is 0.844 bits per heavy atom. The van der Waals surface area contributed by atoms with Gasteiger partial charge in [0.1, 0.15) is 35.6 Å². The number of aliphatic hydroxyl groups is 4. The molecule has 1 amide bonds. The number of Topliss-reactive ketones (excluding diaryl/α,β-unsaturated/α-hetero) is 1. The molecule has 5 N–H and O–H groups in total. The highest BCUT2D eigenvalue weighted by Crippen LogP contribution is 2.63. The van der Waals surface area contributed by atoms with Crippen molar-refractivity contribution < 1.29 is 63.3 Å². The molecule has 0 aromatic carbocycles. The van der Waals surface area contributed by atoms with Gasteiger partial charge in [-0.15, -0.1) is 0 Å². The summed E-state index contributed by atoms with van der Waals surface area (Å²) >= 11 is 0. The number of hydrogen-bond donors (Lipinski definition) is 5. The van der Waals surface area contributed by atoms with Crippen LogP contribution in [0.5, 0.6) is 0 Å². The molecule has 14 heteroatoms. The quantitative estimate of drug-likeness (QED) is 0.0566. The minimum Gasteiger partial charge on any atom is -0.461 e. The molecule has 3 aliphatic carbocycles. The van der Waals surface area contributed by atoms with Crippen LogP contribution in [0.3, 0.4) is 0 Å². The van der Waals surface area contributed by atoms with Crippen molar-refractivity contribution in [3.8, 4) is 0 Å². The van der Waals surface area contributed by atoms with Gasteiger partial charge in [0.15, 0.2) is 11.9 Å². The van der Waals surface area contributed by atoms with E-state index in [1.54, 1.807) is 13.8 Å². The van der Waals surface area contributed by atoms with Crippen LogP contribution in [0.2, 0.25) is 0 Å². The molecule has 1 saturated heterocycles. The van der Waals surface area contributed by atoms with Crippen LogP contribution in [0.1, 0.15) is 120 Å². The Balaban J connectivity index is 1.49. The normalized spacial score (nSPS) is 32.3. The topological polar surface area (TPSA) is 215 Å². The minimum absolute atomic E-state index is 0.0213. The first kappa shape index (κ1) is 52.2. The zero-order valence-corrected chi connectivity index (χ0v) is 38.8. The lowest BCUT2D eigenvalue weighted by Crippen LogP contribution is -2.81. The van der Waals surface area contributed by atoms with Gasteiger partial charge in [-0.2, -0.15) is 0 Å². The summed E-state index contributed by atoms with van der Waals surface area (Å²) in [5.41, 5.74) is -7.46. The molecule has 3 fully saturated rings. The number of hydrogen-bond acceptors (Lipinski definition) is 13. The number of carbonyl (C=O) groups excluding carboxylic acids is 5. The van der Waals surface area contributed by atoms with Crippen molar-refractivity contribution in [3.63, 3.8) is 0 Å². The molecule has 2 bridgehead atoms. The fourth-order valence-electron chi connectivity index (χ4n) is 9.82. The summed E-state index contributed by atoms with van der Waals surface area (Å²) in [5.74, 6) is -5.51. The summed E-state index contributed by atoms with van der Waals surface area (Å²) in [6.07, 6.45) is 20.9. The van der Waals surface area contributed by atoms with E-state index in [0.717, 1.165) is 39.0 Å². The van der Waals surface area contributed by atoms with Crippen LogP contribution in [0.4, 0.5) is 0 Å². The Morgan fingerprint density at radius 3 is 1.86 bits per heavy atom. The average Bonchev–Trinajstić information content (AvgIpc) is 3.22. The fourth-order valence-corrected chi connectivity index (χ4v) is 9.82. The van der Waals surface area contributed by atoms with E-state index in [4.69, 9.17) is 18.9 Å². The Morgan fingerprint density at radius 2 is 1.38 bits per heavy atom. The highest BCUT2D eigenvalue weighted by Gasteiger charge is 2.77. The highest BCUT2D eigenvalue weighted by atomic mass is 16.6. The van der Waals surface area contributed by atoms with Crippen molar-refractivity contribution in [2.75, 3.05) is 6.61 Å². The number of amides is 1. The van der Waals surface area contributed by atoms with Crippen molar-refractivity contribution >= 4 is 29.6 Å². The number of fused-ring (bicyclic) bond motifs is 5. The lowest BCUT2D eigenvalue weighted by atomic mass is 9.44. The van der Waals surface area contributed by atoms with Crippen molar-refractivity contribution in [1.82, 2.24) is 5.32 Å². The lowest BCUT2D eigenvalue weighted by Gasteiger charge is -2.67. The Bertz CT molecular complexity index is 1910. The predicted molar refractivity (Wildman–Crippen MR) is 240 cm³/mol. The third-order valence-corrected chi connectivity index (χ3v) is 13.4. The maximum absolute atomic E-state index is 15.0. The third-order valence-electron chi connectivity index (χ3n) is 13.4. The first-order valence-electron chi connectivity index (χ1n) is 22.6. The number of rotatable bonds is 20. The van der Waals surface area contributed by atoms with Gasteiger partial charge < -0.3 is 44.7 Å². The number of esters is 3. The van der Waals surface area contributed by atoms with E-state index >= 15 is 4.79 Å². The maximum Gasteiger partial charge on any atom is 0.337 e. The predicted octanol–water partition coefficient (Wildman–Crippen LogP) is 5.68. The summed E-state index contributed by atoms with van der Waals surface area (Å²) < 4.78 is 23.6. The molecule has 1 aliphatic heterocycles. The van der Waals surface area contributed by atoms with E-state index < -0.39 is 107 Å². The standard InChI is InChI=1S/C50H71NO13/c1-9-10-11-12-13-14-15-16-17-18-19-20-21-22-23-24-25-26-27-28-39(54)64-37-29-38-49(59,31-61-38)43-45(62-35(5)53)50(60)30-36(63-46(58)41(55)33(3)51-34(4)52)32(2)40(47(50,6)7)42(56)44(57)48(37,43)8/h10-11,13-14,16-17,19-20,22-23,25-26,33,36-38,41-43,45,55-56,59-60H,9,12,15,18,21,24,27-31H2,1-8H3,(H,51,52)/b11-10-,14-13-,17-16-,20-19-,23-22-,26-25-/t33-,36?,37-,38+,41?,42+,43-,45-,48+,49-,50+/m0/s1. The van der Waals surface area contributed by atoms with Crippen LogP contribution in [0, 0.1) is 16.7 Å². The van der Waals surface area contributed by atoms with E-state index in [2.05, 4.69) is 66.9 Å². The van der Waals surface area contributed by atoms with Gasteiger partial charge in [0.05, 0.1) is 24.2 Å². The van der Waals surface area contributed by atoms with Crippen LogP contribution < -0.4 is 5.32 Å². The monoisotopic (exact) mass is 893 g/mol. The second kappa shape index (κ2) is 22.6. The first-order valence-corrected chi connectivity index (χ1v) is 22.6. The largest absolute Gasteiger partial charge is 0.461 e. The van der Waals surface area contributed by atoms with E-state index in [-0.39, 0.29) is 30.6 Å². The van der Waals surface area contributed by atoms with Crippen molar-refractivity contribution in [2.45, 2.75) is 173 Å². The van der Waals surface area contributed by atoms with Crippen molar-refractivity contribution in [2.24, 2.45) is 16.7 Å². The van der Waals surface area contributed by atoms with Gasteiger partial charge in [0.2, 0.25) is 5.91 Å². The van der Waals surface area contributed by atoms with Gasteiger partial charge in [-0.05, 0) is 76.9 Å². The van der Waals surface area contributed by atoms with Gasteiger partial charge in [-0.3, -0.25) is 19.2 Å². The SMILES string of the molecule is CC/C=C\C/C=C\C/C=C\C/C=C\C/C=C\C/C=C\CCC(=O)O[C@H]1C[C@H]2OC[C@@]2(O)[C@H]2[C@H](OC(C)=O)[C@]3(O)CC(OC(=O)C(O)[C@H](C)NC(C)=O)C(C)=C([C@@H](O)C(=O)[C@]12C)C3(C)C. The van der Waals surface area contributed by atoms with Crippen LogP contribution in [-0.4, -0.2) is 110 Å². The fraction of sp³-hybridized carbons (Fsp3) is 0.620. The summed E-state index contributed by atoms with van der Waals surface area (Å²) in [7, 11) is 0. The molecule has 4 rings (SSSR count). The van der Waals surface area contributed by atoms with Crippen molar-refractivity contribution in [1.29, 1.82) is 0 Å². The number of allylic oxidation sites excluding steroid dienone is 12. The van der Waals surface area contributed by atoms with Crippen LogP contribution in [0.25, 0.3) is 0 Å². The van der Waals surface area contributed by atoms with Gasteiger partial charge in [0.25, 0.3) is 0 Å². The molecule has 11 atom stereocenters. The van der Waals surface area contributed by atoms with Crippen LogP contribution in [0.15, 0.2) is 84.1 Å². The smallest absolute Gasteiger partial charge is 0.337 e. The minimum atomic E-state index is -2.25. The van der Waals surface area contributed by atoms with Gasteiger partial charge in [0, 0.05) is 44.4 Å². The summed E-state index contributed by atoms with van der Waals surface area (Å²) in [4.78, 5) is 66.5. The molecular weight excluding hydrogens is 823 g/mol. The van der Waals surface area contributed by atoms with E-state index in [1.165, 1.54) is 27.7 Å². The molecule has 0 aromatic rings. The summed E-state index contributed by atoms with van der Waals surface area (Å²) in [6, 6.07) is -1.05. The summed E-state index contributed by atoms with van der Waals surface area (Å²) in [5, 5.41) is 50.8. The molecule has 0 spiro atoms. The second-order valence-corrected chi connectivity index (χ2v) is 18.2. The molecule has 14 nitrogen and oxygen atoms in total. The Hall–Kier alpha value is -4.47. The molecule has 4 aliphatic rings. The van der Waals surface area contributed by atoms with Crippen molar-refractivity contribution in [3.05, 3.63) is 84.1 Å². The highest BCUT2D eigenvalue weighted by molar-refractivity contribution is 5.94. The number of aliphatic hydroxyl groups excluding tert-OH is 2. The summed E-state index contributed by atoms with van der Waals surface area (Å²) in [6.45, 7) is 11.6. The number of ether oxygens (including phenoxy) is 4. The first-order chi connectivity index (χ1) is 30.2. The molecule has 64 heavy (non-hydrogen) atoms. The zero-order chi connectivity index (χ0) is 47.5. The average molecular weight is 894 g/mol. The lowest BCUT2D eigenvalue weighted by molar-refractivity contribution is -0.345. The molecule has 354 valence electrons.